The number of pyridine rings is 1. The van der Waals surface area contributed by atoms with Crippen molar-refractivity contribution in [1.82, 2.24) is 9.97 Å². The summed E-state index contributed by atoms with van der Waals surface area (Å²) < 4.78 is 14.3. The smallest absolute Gasteiger partial charge is 0.185 e. The molecule has 0 saturated heterocycles. The third kappa shape index (κ3) is 2.30. The van der Waals surface area contributed by atoms with Gasteiger partial charge in [-0.05, 0) is 36.8 Å². The molecule has 0 saturated carbocycles. The predicted molar refractivity (Wildman–Crippen MR) is 81.4 cm³/mol. The molecule has 0 fully saturated rings. The highest BCUT2D eigenvalue weighted by molar-refractivity contribution is 7.22. The first-order valence-electron chi connectivity index (χ1n) is 6.14. The summed E-state index contributed by atoms with van der Waals surface area (Å²) >= 11 is 1.53. The highest BCUT2D eigenvalue weighted by atomic mass is 32.1. The molecule has 0 aliphatic rings. The molecule has 102 valence electrons. The van der Waals surface area contributed by atoms with Gasteiger partial charge in [0.15, 0.2) is 10.8 Å². The normalized spacial score (nSPS) is 10.8. The van der Waals surface area contributed by atoms with Crippen LogP contribution in [0.2, 0.25) is 0 Å². The Bertz CT molecular complexity index is 769. The van der Waals surface area contributed by atoms with Gasteiger partial charge in [0.1, 0.15) is 5.82 Å². The summed E-state index contributed by atoms with van der Waals surface area (Å²) in [6.07, 6.45) is 1.71. The van der Waals surface area contributed by atoms with E-state index in [2.05, 4.69) is 20.6 Å². The molecule has 6 heteroatoms. The summed E-state index contributed by atoms with van der Waals surface area (Å²) in [4.78, 5) is 8.60. The summed E-state index contributed by atoms with van der Waals surface area (Å²) in [7, 11) is 1.83. The Balaban J connectivity index is 2.01. The van der Waals surface area contributed by atoms with Crippen molar-refractivity contribution in [1.29, 1.82) is 0 Å². The Hall–Kier alpha value is -2.21. The van der Waals surface area contributed by atoms with E-state index in [0.717, 1.165) is 21.2 Å². The number of nitrogens with one attached hydrogen (secondary N) is 2. The fourth-order valence-corrected chi connectivity index (χ4v) is 2.76. The fraction of sp³-hybridized carbons (Fsp3) is 0.143. The number of anilines is 3. The monoisotopic (exact) mass is 288 g/mol. The molecule has 2 N–H and O–H groups in total. The molecule has 2 aromatic heterocycles. The van der Waals surface area contributed by atoms with Crippen molar-refractivity contribution >= 4 is 38.2 Å². The average molecular weight is 288 g/mol. The van der Waals surface area contributed by atoms with Crippen molar-refractivity contribution in [3.8, 4) is 0 Å². The maximum absolute atomic E-state index is 13.3. The van der Waals surface area contributed by atoms with Gasteiger partial charge >= 0.3 is 0 Å². The van der Waals surface area contributed by atoms with Crippen molar-refractivity contribution < 1.29 is 4.39 Å². The van der Waals surface area contributed by atoms with Crippen LogP contribution in [0, 0.1) is 12.7 Å². The van der Waals surface area contributed by atoms with E-state index in [9.17, 15) is 4.39 Å². The largest absolute Gasteiger partial charge is 0.365 e. The van der Waals surface area contributed by atoms with Gasteiger partial charge in [0.2, 0.25) is 0 Å². The summed E-state index contributed by atoms with van der Waals surface area (Å²) in [5, 5.41) is 7.12. The van der Waals surface area contributed by atoms with Gasteiger partial charge in [-0.2, -0.15) is 0 Å². The lowest BCUT2D eigenvalue weighted by Gasteiger charge is -2.08. The second kappa shape index (κ2) is 5.05. The van der Waals surface area contributed by atoms with E-state index in [1.807, 2.05) is 13.1 Å². The van der Waals surface area contributed by atoms with Gasteiger partial charge < -0.3 is 10.6 Å². The van der Waals surface area contributed by atoms with Crippen LogP contribution < -0.4 is 10.6 Å². The minimum atomic E-state index is -0.203. The first kappa shape index (κ1) is 12.8. The Morgan fingerprint density at radius 2 is 2.10 bits per heavy atom. The zero-order valence-corrected chi connectivity index (χ0v) is 11.9. The van der Waals surface area contributed by atoms with Crippen LogP contribution in [0.3, 0.4) is 0 Å². The van der Waals surface area contributed by atoms with Crippen LogP contribution in [0.1, 0.15) is 5.56 Å². The van der Waals surface area contributed by atoms with E-state index in [1.165, 1.54) is 17.4 Å². The Kier molecular flexibility index (Phi) is 3.23. The number of halogens is 1. The molecule has 0 spiro atoms. The number of benzene rings is 1. The van der Waals surface area contributed by atoms with Gasteiger partial charge in [-0.3, -0.25) is 0 Å². The summed E-state index contributed by atoms with van der Waals surface area (Å²) in [5.41, 5.74) is 3.07. The standard InChI is InChI=1S/C14H13FN4S/c1-8-7-9(3-4-10(8)15)18-11-5-6-17-13-12(11)20-14(16-2)19-13/h3-7H,1-2H3,(H2,16,17,18,19). The number of aryl methyl sites for hydroxylation is 1. The van der Waals surface area contributed by atoms with Crippen molar-refractivity contribution in [3.63, 3.8) is 0 Å². The van der Waals surface area contributed by atoms with Crippen LogP contribution in [0.4, 0.5) is 20.9 Å². The summed E-state index contributed by atoms with van der Waals surface area (Å²) in [5.74, 6) is -0.203. The maximum Gasteiger partial charge on any atom is 0.185 e. The fourth-order valence-electron chi connectivity index (χ4n) is 1.92. The van der Waals surface area contributed by atoms with Crippen LogP contribution in [-0.2, 0) is 0 Å². The molecule has 0 radical (unpaired) electrons. The summed E-state index contributed by atoms with van der Waals surface area (Å²) in [6.45, 7) is 1.74. The highest BCUT2D eigenvalue weighted by Gasteiger charge is 2.09. The SMILES string of the molecule is CNc1nc2nccc(Nc3ccc(F)c(C)c3)c2s1. The average Bonchev–Trinajstić information content (AvgIpc) is 2.87. The van der Waals surface area contributed by atoms with E-state index in [1.54, 1.807) is 25.3 Å². The van der Waals surface area contributed by atoms with Crippen molar-refractivity contribution in [3.05, 3.63) is 41.8 Å². The number of rotatable bonds is 3. The van der Waals surface area contributed by atoms with Gasteiger partial charge in [-0.15, -0.1) is 0 Å². The number of nitrogens with zero attached hydrogens (tertiary/aromatic N) is 2. The molecule has 0 atom stereocenters. The van der Waals surface area contributed by atoms with Gasteiger partial charge in [0.25, 0.3) is 0 Å². The first-order chi connectivity index (χ1) is 9.67. The Morgan fingerprint density at radius 1 is 1.25 bits per heavy atom. The Morgan fingerprint density at radius 3 is 2.85 bits per heavy atom. The molecule has 3 aromatic rings. The van der Waals surface area contributed by atoms with Crippen LogP contribution in [0.25, 0.3) is 10.3 Å². The third-order valence-electron chi connectivity index (χ3n) is 2.94. The molecular weight excluding hydrogens is 275 g/mol. The predicted octanol–water partition coefficient (Wildman–Crippen LogP) is 3.92. The molecule has 0 amide bonds. The lowest BCUT2D eigenvalue weighted by molar-refractivity contribution is 0.619. The number of hydrogen-bond donors (Lipinski definition) is 2. The molecule has 20 heavy (non-hydrogen) atoms. The summed E-state index contributed by atoms with van der Waals surface area (Å²) in [6, 6.07) is 6.84. The van der Waals surface area contributed by atoms with Crippen LogP contribution in [-0.4, -0.2) is 17.0 Å². The quantitative estimate of drug-likeness (QED) is 0.767. The van der Waals surface area contributed by atoms with E-state index in [4.69, 9.17) is 0 Å². The maximum atomic E-state index is 13.3. The molecule has 0 bridgehead atoms. The Labute approximate surface area is 119 Å². The van der Waals surface area contributed by atoms with E-state index >= 15 is 0 Å². The highest BCUT2D eigenvalue weighted by Crippen LogP contribution is 2.32. The van der Waals surface area contributed by atoms with E-state index in [0.29, 0.717) is 11.2 Å². The third-order valence-corrected chi connectivity index (χ3v) is 4.04. The minimum Gasteiger partial charge on any atom is -0.365 e. The molecule has 0 unspecified atom stereocenters. The number of aromatic nitrogens is 2. The van der Waals surface area contributed by atoms with Gasteiger partial charge in [0.05, 0.1) is 10.4 Å². The molecule has 1 aromatic carbocycles. The second-order valence-electron chi connectivity index (χ2n) is 4.37. The zero-order valence-electron chi connectivity index (χ0n) is 11.1. The number of hydrogen-bond acceptors (Lipinski definition) is 5. The zero-order chi connectivity index (χ0) is 14.1. The van der Waals surface area contributed by atoms with Gasteiger partial charge in [-0.25, -0.2) is 14.4 Å². The van der Waals surface area contributed by atoms with E-state index < -0.39 is 0 Å². The van der Waals surface area contributed by atoms with Crippen molar-refractivity contribution in [2.24, 2.45) is 0 Å². The molecular formula is C14H13FN4S. The van der Waals surface area contributed by atoms with Crippen molar-refractivity contribution in [2.75, 3.05) is 17.7 Å². The topological polar surface area (TPSA) is 49.8 Å². The lowest BCUT2D eigenvalue weighted by atomic mass is 10.2. The molecule has 4 nitrogen and oxygen atoms in total. The van der Waals surface area contributed by atoms with Crippen LogP contribution in [0.5, 0.6) is 0 Å². The van der Waals surface area contributed by atoms with Crippen molar-refractivity contribution in [2.45, 2.75) is 6.92 Å². The van der Waals surface area contributed by atoms with Gasteiger partial charge in [0, 0.05) is 18.9 Å². The minimum absolute atomic E-state index is 0.203. The first-order valence-corrected chi connectivity index (χ1v) is 6.95. The van der Waals surface area contributed by atoms with Crippen LogP contribution >= 0.6 is 11.3 Å². The second-order valence-corrected chi connectivity index (χ2v) is 5.37. The molecule has 0 aliphatic heterocycles. The lowest BCUT2D eigenvalue weighted by Crippen LogP contribution is -1.93. The number of fused-ring (bicyclic) bond motifs is 1. The number of thiazole rings is 1. The van der Waals surface area contributed by atoms with E-state index in [-0.39, 0.29) is 5.82 Å². The van der Waals surface area contributed by atoms with Gasteiger partial charge in [-0.1, -0.05) is 11.3 Å². The molecule has 3 rings (SSSR count). The molecule has 0 aliphatic carbocycles. The van der Waals surface area contributed by atoms with Crippen LogP contribution in [0.15, 0.2) is 30.5 Å². The molecule has 2 heterocycles.